The van der Waals surface area contributed by atoms with E-state index in [9.17, 15) is 27.6 Å². The second-order valence-electron chi connectivity index (χ2n) is 9.95. The zero-order valence-corrected chi connectivity index (χ0v) is 22.9. The molecule has 0 aliphatic heterocycles. The number of carbonyl (C=O) groups excluding carboxylic acids is 3. The molecular formula is C32H30F3N3O4. The molecule has 10 heteroatoms. The quantitative estimate of drug-likeness (QED) is 0.211. The Hall–Kier alpha value is -4.73. The first-order valence-electron chi connectivity index (χ1n) is 13.4. The summed E-state index contributed by atoms with van der Waals surface area (Å²) in [4.78, 5) is 42.9. The summed E-state index contributed by atoms with van der Waals surface area (Å²) in [7, 11) is 0. The van der Waals surface area contributed by atoms with E-state index in [4.69, 9.17) is 4.74 Å². The molecule has 2 atom stereocenters. The highest BCUT2D eigenvalue weighted by Gasteiger charge is 2.30. The van der Waals surface area contributed by atoms with Crippen molar-refractivity contribution < 1.29 is 32.3 Å². The van der Waals surface area contributed by atoms with Crippen LogP contribution in [0.4, 0.5) is 18.9 Å². The van der Waals surface area contributed by atoms with Crippen molar-refractivity contribution in [3.8, 4) is 0 Å². The highest BCUT2D eigenvalue weighted by molar-refractivity contribution is 5.99. The number of aromatic nitrogens is 1. The molecule has 4 rings (SSSR count). The number of halogens is 3. The summed E-state index contributed by atoms with van der Waals surface area (Å²) in [6.45, 7) is 1.63. The van der Waals surface area contributed by atoms with Crippen molar-refractivity contribution in [3.05, 3.63) is 108 Å². The molecule has 0 spiro atoms. The molecule has 42 heavy (non-hydrogen) atoms. The number of carbonyl (C=O) groups is 3. The summed E-state index contributed by atoms with van der Waals surface area (Å²) in [6, 6.07) is 21.6. The number of ether oxygens (including phenoxy) is 1. The number of nitrogens with zero attached hydrogens (tertiary/aromatic N) is 1. The van der Waals surface area contributed by atoms with E-state index in [-0.39, 0.29) is 25.9 Å². The van der Waals surface area contributed by atoms with Crippen molar-refractivity contribution in [1.82, 2.24) is 10.3 Å². The molecule has 2 amide bonds. The minimum absolute atomic E-state index is 0.0768. The van der Waals surface area contributed by atoms with Crippen LogP contribution in [0, 0.1) is 5.92 Å². The first-order valence-corrected chi connectivity index (χ1v) is 13.4. The average molecular weight is 578 g/mol. The first-order chi connectivity index (χ1) is 20.1. The number of fused-ring (bicyclic) bond motifs is 1. The second kappa shape index (κ2) is 13.8. The van der Waals surface area contributed by atoms with Gasteiger partial charge in [0.15, 0.2) is 0 Å². The molecule has 1 heterocycles. The first kappa shape index (κ1) is 30.2. The van der Waals surface area contributed by atoms with Gasteiger partial charge in [0.05, 0.1) is 17.5 Å². The fourth-order valence-electron chi connectivity index (χ4n) is 4.28. The number of amides is 2. The zero-order valence-electron chi connectivity index (χ0n) is 22.9. The number of anilines is 1. The molecule has 0 radical (unpaired) electrons. The summed E-state index contributed by atoms with van der Waals surface area (Å²) in [5.74, 6) is -2.38. The Kier molecular flexibility index (Phi) is 9.90. The van der Waals surface area contributed by atoms with Gasteiger partial charge in [-0.05, 0) is 60.4 Å². The van der Waals surface area contributed by atoms with Crippen molar-refractivity contribution in [2.24, 2.45) is 5.92 Å². The summed E-state index contributed by atoms with van der Waals surface area (Å²) < 4.78 is 44.1. The van der Waals surface area contributed by atoms with Crippen LogP contribution in [0.1, 0.15) is 36.5 Å². The number of aryl methyl sites for hydroxylation is 1. The van der Waals surface area contributed by atoms with E-state index in [1.807, 2.05) is 36.4 Å². The SMILES string of the molecule is C[C@@H](CC(=O)OCc1ccccc1)C(=O)N[C@H](CCc1ccc(C(F)(F)F)cc1)C(=O)Nc1ccc2ncccc2c1. The fraction of sp³-hybridized carbons (Fsp3) is 0.250. The zero-order chi connectivity index (χ0) is 30.1. The van der Waals surface area contributed by atoms with E-state index >= 15 is 0 Å². The smallest absolute Gasteiger partial charge is 0.416 e. The van der Waals surface area contributed by atoms with Gasteiger partial charge in [-0.15, -0.1) is 0 Å². The monoisotopic (exact) mass is 577 g/mol. The molecule has 0 unspecified atom stereocenters. The summed E-state index contributed by atoms with van der Waals surface area (Å²) in [5.41, 5.74) is 1.85. The molecule has 4 aromatic rings. The third kappa shape index (κ3) is 8.63. The maximum atomic E-state index is 13.3. The number of esters is 1. The maximum Gasteiger partial charge on any atom is 0.416 e. The number of hydrogen-bond donors (Lipinski definition) is 2. The molecule has 7 nitrogen and oxygen atoms in total. The number of pyridine rings is 1. The Balaban J connectivity index is 1.41. The van der Waals surface area contributed by atoms with Gasteiger partial charge in [0, 0.05) is 23.2 Å². The third-order valence-corrected chi connectivity index (χ3v) is 6.67. The van der Waals surface area contributed by atoms with Crippen molar-refractivity contribution >= 4 is 34.4 Å². The van der Waals surface area contributed by atoms with Gasteiger partial charge in [0.25, 0.3) is 0 Å². The summed E-state index contributed by atoms with van der Waals surface area (Å²) >= 11 is 0. The summed E-state index contributed by atoms with van der Waals surface area (Å²) in [5, 5.41) is 6.32. The van der Waals surface area contributed by atoms with Crippen molar-refractivity contribution in [3.63, 3.8) is 0 Å². The molecular weight excluding hydrogens is 547 g/mol. The van der Waals surface area contributed by atoms with Crippen LogP contribution < -0.4 is 10.6 Å². The Labute approximate surface area is 241 Å². The number of alkyl halides is 3. The van der Waals surface area contributed by atoms with Crippen LogP contribution in [0.2, 0.25) is 0 Å². The van der Waals surface area contributed by atoms with E-state index in [2.05, 4.69) is 15.6 Å². The van der Waals surface area contributed by atoms with E-state index in [0.717, 1.165) is 28.6 Å². The highest BCUT2D eigenvalue weighted by Crippen LogP contribution is 2.29. The molecule has 0 saturated carbocycles. The number of benzene rings is 3. The number of rotatable bonds is 11. The van der Waals surface area contributed by atoms with Crippen LogP contribution in [-0.4, -0.2) is 28.8 Å². The van der Waals surface area contributed by atoms with Crippen LogP contribution in [0.5, 0.6) is 0 Å². The molecule has 0 fully saturated rings. The minimum Gasteiger partial charge on any atom is -0.461 e. The minimum atomic E-state index is -4.46. The maximum absolute atomic E-state index is 13.3. The standard InChI is InChI=1S/C32H30F3N3O4/c1-21(18-29(39)42-20-23-6-3-2-4-7-23)30(40)38-28(15-11-22-9-12-25(13-10-22)32(33,34)35)31(41)37-26-14-16-27-24(19-26)8-5-17-36-27/h2-10,12-14,16-17,19,21,28H,11,15,18,20H2,1H3,(H,37,41)(H,38,40)/t21-,28+/m0/s1. The Morgan fingerprint density at radius 3 is 2.33 bits per heavy atom. The Morgan fingerprint density at radius 1 is 0.881 bits per heavy atom. The molecule has 0 bridgehead atoms. The van der Waals surface area contributed by atoms with Crippen LogP contribution in [0.15, 0.2) is 91.1 Å². The lowest BCUT2D eigenvalue weighted by molar-refractivity contribution is -0.148. The number of nitrogens with one attached hydrogen (secondary N) is 2. The van der Waals surface area contributed by atoms with Crippen molar-refractivity contribution in [2.75, 3.05) is 5.32 Å². The normalized spacial score (nSPS) is 12.8. The molecule has 3 aromatic carbocycles. The predicted octanol–water partition coefficient (Wildman–Crippen LogP) is 6.08. The second-order valence-corrected chi connectivity index (χ2v) is 9.95. The van der Waals surface area contributed by atoms with Gasteiger partial charge >= 0.3 is 12.1 Å². The number of hydrogen-bond acceptors (Lipinski definition) is 5. The van der Waals surface area contributed by atoms with Gasteiger partial charge in [0.1, 0.15) is 12.6 Å². The van der Waals surface area contributed by atoms with Crippen molar-refractivity contribution in [2.45, 2.75) is 45.0 Å². The lowest BCUT2D eigenvalue weighted by Gasteiger charge is -2.21. The molecule has 218 valence electrons. The van der Waals surface area contributed by atoms with Gasteiger partial charge in [-0.3, -0.25) is 19.4 Å². The van der Waals surface area contributed by atoms with E-state index < -0.39 is 41.5 Å². The summed E-state index contributed by atoms with van der Waals surface area (Å²) in [6.07, 6.45) is -2.65. The fourth-order valence-corrected chi connectivity index (χ4v) is 4.28. The third-order valence-electron chi connectivity index (χ3n) is 6.67. The van der Waals surface area contributed by atoms with Crippen LogP contribution in [0.3, 0.4) is 0 Å². The Bertz CT molecular complexity index is 1530. The molecule has 0 aliphatic carbocycles. The molecule has 1 aromatic heterocycles. The lowest BCUT2D eigenvalue weighted by atomic mass is 10.0. The molecule has 2 N–H and O–H groups in total. The largest absolute Gasteiger partial charge is 0.461 e. The average Bonchev–Trinajstić information content (AvgIpc) is 2.98. The van der Waals surface area contributed by atoms with Gasteiger partial charge < -0.3 is 15.4 Å². The molecule has 0 saturated heterocycles. The lowest BCUT2D eigenvalue weighted by Crippen LogP contribution is -2.46. The van der Waals surface area contributed by atoms with Crippen LogP contribution in [-0.2, 0) is 38.3 Å². The van der Waals surface area contributed by atoms with Crippen LogP contribution in [0.25, 0.3) is 10.9 Å². The Morgan fingerprint density at radius 2 is 1.62 bits per heavy atom. The molecule has 0 aliphatic rings. The van der Waals surface area contributed by atoms with Gasteiger partial charge in [-0.2, -0.15) is 13.2 Å². The highest BCUT2D eigenvalue weighted by atomic mass is 19.4. The van der Waals surface area contributed by atoms with Crippen LogP contribution >= 0.6 is 0 Å². The van der Waals surface area contributed by atoms with Gasteiger partial charge in [0.2, 0.25) is 11.8 Å². The van der Waals surface area contributed by atoms with Gasteiger partial charge in [-0.25, -0.2) is 0 Å². The topological polar surface area (TPSA) is 97.4 Å². The van der Waals surface area contributed by atoms with Crippen molar-refractivity contribution in [1.29, 1.82) is 0 Å². The van der Waals surface area contributed by atoms with E-state index in [0.29, 0.717) is 11.3 Å². The van der Waals surface area contributed by atoms with E-state index in [1.165, 1.54) is 12.1 Å². The van der Waals surface area contributed by atoms with Gasteiger partial charge in [-0.1, -0.05) is 55.5 Å². The predicted molar refractivity (Wildman–Crippen MR) is 152 cm³/mol. The van der Waals surface area contributed by atoms with E-state index in [1.54, 1.807) is 37.4 Å².